The maximum absolute atomic E-state index is 12.4. The second kappa shape index (κ2) is 6.43. The summed E-state index contributed by atoms with van der Waals surface area (Å²) in [6, 6.07) is 0.665. The van der Waals surface area contributed by atoms with Crippen molar-refractivity contribution >= 4 is 27.3 Å². The van der Waals surface area contributed by atoms with E-state index in [1.165, 1.54) is 6.07 Å². The van der Waals surface area contributed by atoms with E-state index >= 15 is 0 Å². The number of carboxylic acids is 1. The standard InChI is InChI=1S/C13H19NO5S2/c1-8-12(7-11(20-8)13(16)17)21(18,19)14-9-5-3-2-4-6-10(9)15/h7,9-10,14-15H,2-6H2,1H3,(H,16,17). The Morgan fingerprint density at radius 1 is 1.33 bits per heavy atom. The number of aliphatic hydroxyl groups is 1. The molecule has 1 aromatic heterocycles. The summed E-state index contributed by atoms with van der Waals surface area (Å²) in [4.78, 5) is 11.4. The van der Waals surface area contributed by atoms with Crippen molar-refractivity contribution in [3.05, 3.63) is 15.8 Å². The number of aromatic carboxylic acids is 1. The fourth-order valence-electron chi connectivity index (χ4n) is 2.53. The summed E-state index contributed by atoms with van der Waals surface area (Å²) in [6.45, 7) is 1.58. The topological polar surface area (TPSA) is 104 Å². The van der Waals surface area contributed by atoms with Crippen molar-refractivity contribution in [1.29, 1.82) is 0 Å². The monoisotopic (exact) mass is 333 g/mol. The molecule has 118 valence electrons. The molecular formula is C13H19NO5S2. The van der Waals surface area contributed by atoms with Gasteiger partial charge in [0.1, 0.15) is 4.88 Å². The van der Waals surface area contributed by atoms with Crippen molar-refractivity contribution < 1.29 is 23.4 Å². The van der Waals surface area contributed by atoms with Crippen LogP contribution in [0.4, 0.5) is 0 Å². The fourth-order valence-corrected chi connectivity index (χ4v) is 5.26. The lowest BCUT2D eigenvalue weighted by Gasteiger charge is -2.21. The first-order chi connectivity index (χ1) is 9.81. The minimum Gasteiger partial charge on any atom is -0.477 e. The van der Waals surface area contributed by atoms with Gasteiger partial charge in [0.25, 0.3) is 0 Å². The van der Waals surface area contributed by atoms with Gasteiger partial charge in [0.15, 0.2) is 0 Å². The molecule has 0 saturated heterocycles. The summed E-state index contributed by atoms with van der Waals surface area (Å²) in [7, 11) is -3.82. The van der Waals surface area contributed by atoms with Crippen LogP contribution >= 0.6 is 11.3 Å². The number of thiophene rings is 1. The zero-order valence-electron chi connectivity index (χ0n) is 11.7. The van der Waals surface area contributed by atoms with Gasteiger partial charge in [0.05, 0.1) is 11.0 Å². The second-order valence-electron chi connectivity index (χ2n) is 5.27. The maximum Gasteiger partial charge on any atom is 0.345 e. The van der Waals surface area contributed by atoms with Gasteiger partial charge in [-0.3, -0.25) is 0 Å². The molecule has 2 atom stereocenters. The predicted molar refractivity (Wildman–Crippen MR) is 79.2 cm³/mol. The summed E-state index contributed by atoms with van der Waals surface area (Å²) in [5.41, 5.74) is 0. The molecule has 0 aromatic carbocycles. The predicted octanol–water partition coefficient (Wildman–Crippen LogP) is 1.73. The van der Waals surface area contributed by atoms with E-state index in [2.05, 4.69) is 4.72 Å². The normalized spacial score (nSPS) is 23.7. The highest BCUT2D eigenvalue weighted by Crippen LogP contribution is 2.27. The molecule has 1 aliphatic carbocycles. The van der Waals surface area contributed by atoms with Crippen molar-refractivity contribution in [3.8, 4) is 0 Å². The van der Waals surface area contributed by atoms with Gasteiger partial charge in [-0.05, 0) is 25.8 Å². The van der Waals surface area contributed by atoms with Crippen molar-refractivity contribution in [2.45, 2.75) is 56.1 Å². The van der Waals surface area contributed by atoms with E-state index in [-0.39, 0.29) is 9.77 Å². The van der Waals surface area contributed by atoms with Gasteiger partial charge in [-0.15, -0.1) is 11.3 Å². The first kappa shape index (κ1) is 16.4. The van der Waals surface area contributed by atoms with Crippen molar-refractivity contribution in [3.63, 3.8) is 0 Å². The van der Waals surface area contributed by atoms with Gasteiger partial charge in [-0.1, -0.05) is 19.3 Å². The van der Waals surface area contributed by atoms with Gasteiger partial charge < -0.3 is 10.2 Å². The van der Waals surface area contributed by atoms with E-state index in [0.717, 1.165) is 30.6 Å². The number of sulfonamides is 1. The molecule has 1 fully saturated rings. The molecule has 8 heteroatoms. The largest absolute Gasteiger partial charge is 0.477 e. The molecule has 2 unspecified atom stereocenters. The third kappa shape index (κ3) is 3.82. The zero-order chi connectivity index (χ0) is 15.6. The van der Waals surface area contributed by atoms with Gasteiger partial charge in [-0.2, -0.15) is 0 Å². The lowest BCUT2D eigenvalue weighted by molar-refractivity contribution is 0.0702. The number of hydrogen-bond acceptors (Lipinski definition) is 5. The maximum atomic E-state index is 12.4. The van der Waals surface area contributed by atoms with Crippen LogP contribution in [-0.4, -0.2) is 36.7 Å². The Kier molecular flexibility index (Phi) is 5.03. The Morgan fingerprint density at radius 2 is 2.00 bits per heavy atom. The summed E-state index contributed by atoms with van der Waals surface area (Å²) < 4.78 is 27.3. The van der Waals surface area contributed by atoms with Crippen molar-refractivity contribution in [1.82, 2.24) is 4.72 Å². The van der Waals surface area contributed by atoms with E-state index in [1.54, 1.807) is 6.92 Å². The van der Waals surface area contributed by atoms with Gasteiger partial charge in [-0.25, -0.2) is 17.9 Å². The number of aryl methyl sites for hydroxylation is 1. The highest BCUT2D eigenvalue weighted by molar-refractivity contribution is 7.89. The molecule has 0 spiro atoms. The molecule has 1 aromatic rings. The minimum atomic E-state index is -3.82. The molecule has 0 aliphatic heterocycles. The van der Waals surface area contributed by atoms with Crippen LogP contribution in [0.5, 0.6) is 0 Å². The van der Waals surface area contributed by atoms with Crippen LogP contribution in [0.1, 0.15) is 46.7 Å². The Labute approximate surface area is 127 Å². The molecule has 1 aliphatic rings. The van der Waals surface area contributed by atoms with Crippen molar-refractivity contribution in [2.75, 3.05) is 0 Å². The van der Waals surface area contributed by atoms with E-state index in [0.29, 0.717) is 17.7 Å². The summed E-state index contributed by atoms with van der Waals surface area (Å²) >= 11 is 0.935. The average molecular weight is 333 g/mol. The summed E-state index contributed by atoms with van der Waals surface area (Å²) in [5.74, 6) is -1.14. The Bertz CT molecular complexity index is 623. The Morgan fingerprint density at radius 3 is 2.62 bits per heavy atom. The molecule has 3 N–H and O–H groups in total. The highest BCUT2D eigenvalue weighted by atomic mass is 32.2. The number of carboxylic acid groups (broad SMARTS) is 1. The number of nitrogens with one attached hydrogen (secondary N) is 1. The molecule has 0 radical (unpaired) electrons. The molecule has 0 amide bonds. The van der Waals surface area contributed by atoms with E-state index in [9.17, 15) is 18.3 Å². The van der Waals surface area contributed by atoms with E-state index in [1.807, 2.05) is 0 Å². The first-order valence-electron chi connectivity index (χ1n) is 6.85. The molecule has 21 heavy (non-hydrogen) atoms. The molecule has 1 saturated carbocycles. The van der Waals surface area contributed by atoms with Crippen molar-refractivity contribution in [2.24, 2.45) is 0 Å². The van der Waals surface area contributed by atoms with E-state index in [4.69, 9.17) is 5.11 Å². The molecule has 0 bridgehead atoms. The third-order valence-electron chi connectivity index (χ3n) is 3.66. The van der Waals surface area contributed by atoms with Crippen LogP contribution in [0.25, 0.3) is 0 Å². The van der Waals surface area contributed by atoms with Crippen LogP contribution < -0.4 is 4.72 Å². The second-order valence-corrected chi connectivity index (χ2v) is 8.21. The number of carbonyl (C=O) groups is 1. The first-order valence-corrected chi connectivity index (χ1v) is 9.15. The SMILES string of the molecule is Cc1sc(C(=O)O)cc1S(=O)(=O)NC1CCCCCC1O. The average Bonchev–Trinajstić information content (AvgIpc) is 2.69. The Balaban J connectivity index is 2.23. The highest BCUT2D eigenvalue weighted by Gasteiger charge is 2.29. The number of aliphatic hydroxyl groups excluding tert-OH is 1. The quantitative estimate of drug-likeness (QED) is 0.728. The van der Waals surface area contributed by atoms with Gasteiger partial charge in [0, 0.05) is 10.9 Å². The lowest BCUT2D eigenvalue weighted by Crippen LogP contribution is -2.42. The summed E-state index contributed by atoms with van der Waals surface area (Å²) in [5, 5.41) is 18.9. The van der Waals surface area contributed by atoms with Crippen LogP contribution in [0, 0.1) is 6.92 Å². The molecule has 1 heterocycles. The molecular weight excluding hydrogens is 314 g/mol. The lowest BCUT2D eigenvalue weighted by atomic mass is 10.1. The van der Waals surface area contributed by atoms with E-state index < -0.39 is 28.1 Å². The fraction of sp³-hybridized carbons (Fsp3) is 0.615. The van der Waals surface area contributed by atoms with Gasteiger partial charge in [0.2, 0.25) is 10.0 Å². The number of hydrogen-bond donors (Lipinski definition) is 3. The summed E-state index contributed by atoms with van der Waals surface area (Å²) in [6.07, 6.45) is 3.22. The zero-order valence-corrected chi connectivity index (χ0v) is 13.3. The number of rotatable bonds is 4. The van der Waals surface area contributed by atoms with Crippen LogP contribution in [-0.2, 0) is 10.0 Å². The van der Waals surface area contributed by atoms with Crippen LogP contribution in [0.3, 0.4) is 0 Å². The minimum absolute atomic E-state index is 0.00529. The smallest absolute Gasteiger partial charge is 0.345 e. The van der Waals surface area contributed by atoms with Gasteiger partial charge >= 0.3 is 5.97 Å². The van der Waals surface area contributed by atoms with Crippen LogP contribution in [0.15, 0.2) is 11.0 Å². The third-order valence-corrected chi connectivity index (χ3v) is 6.44. The molecule has 6 nitrogen and oxygen atoms in total. The van der Waals surface area contributed by atoms with Crippen LogP contribution in [0.2, 0.25) is 0 Å². The Hall–Kier alpha value is -0.960. The molecule has 2 rings (SSSR count).